The van der Waals surface area contributed by atoms with E-state index < -0.39 is 0 Å². The third-order valence-electron chi connectivity index (χ3n) is 4.32. The standard InChI is InChI=1S/C18H23N5O3/c1-14(24)17-12-23(21-20-17)9-7-16-11-22(10-8-19-16)18(25)26-13-15-5-3-2-4-6-15/h2-6,12,16,19H,7-11,13H2,1H3/t16-/m1/s1. The third-order valence-corrected chi connectivity index (χ3v) is 4.32. The molecular weight excluding hydrogens is 334 g/mol. The highest BCUT2D eigenvalue weighted by Gasteiger charge is 2.24. The van der Waals surface area contributed by atoms with Crippen LogP contribution in [0.15, 0.2) is 36.5 Å². The van der Waals surface area contributed by atoms with Crippen molar-refractivity contribution in [1.82, 2.24) is 25.2 Å². The van der Waals surface area contributed by atoms with Crippen molar-refractivity contribution in [2.24, 2.45) is 0 Å². The monoisotopic (exact) mass is 357 g/mol. The van der Waals surface area contributed by atoms with E-state index in [1.165, 1.54) is 6.92 Å². The zero-order valence-corrected chi connectivity index (χ0v) is 14.8. The van der Waals surface area contributed by atoms with Gasteiger partial charge in [0.15, 0.2) is 5.78 Å². The Morgan fingerprint density at radius 3 is 2.85 bits per heavy atom. The van der Waals surface area contributed by atoms with Gasteiger partial charge in [-0.1, -0.05) is 35.5 Å². The molecule has 0 unspecified atom stereocenters. The van der Waals surface area contributed by atoms with Crippen molar-refractivity contribution in [3.8, 4) is 0 Å². The molecule has 1 amide bonds. The second-order valence-corrected chi connectivity index (χ2v) is 6.35. The van der Waals surface area contributed by atoms with Crippen LogP contribution in [0.3, 0.4) is 0 Å². The van der Waals surface area contributed by atoms with Crippen molar-refractivity contribution < 1.29 is 14.3 Å². The predicted octanol–water partition coefficient (Wildman–Crippen LogP) is 1.48. The van der Waals surface area contributed by atoms with E-state index in [2.05, 4.69) is 15.6 Å². The van der Waals surface area contributed by atoms with Crippen LogP contribution in [0.5, 0.6) is 0 Å². The highest BCUT2D eigenvalue weighted by molar-refractivity contribution is 5.91. The van der Waals surface area contributed by atoms with E-state index in [-0.39, 0.29) is 24.5 Å². The topological polar surface area (TPSA) is 89.4 Å². The summed E-state index contributed by atoms with van der Waals surface area (Å²) in [6.07, 6.45) is 2.14. The van der Waals surface area contributed by atoms with Gasteiger partial charge in [-0.2, -0.15) is 0 Å². The van der Waals surface area contributed by atoms with Crippen LogP contribution in [-0.2, 0) is 17.9 Å². The lowest BCUT2D eigenvalue weighted by atomic mass is 10.1. The second-order valence-electron chi connectivity index (χ2n) is 6.35. The summed E-state index contributed by atoms with van der Waals surface area (Å²) in [5.41, 5.74) is 1.34. The number of rotatable bonds is 6. The Kier molecular flexibility index (Phi) is 5.96. The molecule has 1 saturated heterocycles. The van der Waals surface area contributed by atoms with Gasteiger partial charge in [0.25, 0.3) is 0 Å². The number of carbonyl (C=O) groups is 2. The third kappa shape index (κ3) is 4.89. The van der Waals surface area contributed by atoms with Crippen molar-refractivity contribution in [2.75, 3.05) is 19.6 Å². The van der Waals surface area contributed by atoms with E-state index in [1.807, 2.05) is 30.3 Å². The summed E-state index contributed by atoms with van der Waals surface area (Å²) in [6, 6.07) is 9.79. The number of aromatic nitrogens is 3. The van der Waals surface area contributed by atoms with Crippen molar-refractivity contribution in [2.45, 2.75) is 32.5 Å². The number of piperazine rings is 1. The number of ketones is 1. The number of aryl methyl sites for hydroxylation is 1. The van der Waals surface area contributed by atoms with Gasteiger partial charge in [-0.25, -0.2) is 4.79 Å². The van der Waals surface area contributed by atoms with Gasteiger partial charge in [-0.05, 0) is 12.0 Å². The van der Waals surface area contributed by atoms with Crippen LogP contribution in [0.2, 0.25) is 0 Å². The number of hydrogen-bond donors (Lipinski definition) is 1. The Morgan fingerprint density at radius 2 is 2.12 bits per heavy atom. The summed E-state index contributed by atoms with van der Waals surface area (Å²) < 4.78 is 7.06. The van der Waals surface area contributed by atoms with Crippen LogP contribution >= 0.6 is 0 Å². The molecule has 1 aromatic carbocycles. The molecule has 1 atom stereocenters. The molecule has 2 aromatic rings. The maximum absolute atomic E-state index is 12.3. The van der Waals surface area contributed by atoms with E-state index in [1.54, 1.807) is 15.8 Å². The first-order chi connectivity index (χ1) is 12.6. The molecule has 1 fully saturated rings. The van der Waals surface area contributed by atoms with Crippen molar-refractivity contribution in [3.63, 3.8) is 0 Å². The van der Waals surface area contributed by atoms with Crippen LogP contribution in [-0.4, -0.2) is 57.4 Å². The summed E-state index contributed by atoms with van der Waals surface area (Å²) >= 11 is 0. The Hall–Kier alpha value is -2.74. The van der Waals surface area contributed by atoms with Gasteiger partial charge in [-0.3, -0.25) is 9.48 Å². The molecule has 2 heterocycles. The van der Waals surface area contributed by atoms with Crippen molar-refractivity contribution in [3.05, 3.63) is 47.8 Å². The second kappa shape index (κ2) is 8.57. The lowest BCUT2D eigenvalue weighted by molar-refractivity contribution is 0.0837. The largest absolute Gasteiger partial charge is 0.445 e. The molecule has 8 nitrogen and oxygen atoms in total. The zero-order chi connectivity index (χ0) is 18.4. The number of carbonyl (C=O) groups excluding carboxylic acids is 2. The fraction of sp³-hybridized carbons (Fsp3) is 0.444. The first kappa shape index (κ1) is 18.1. The number of hydrogen-bond acceptors (Lipinski definition) is 6. The van der Waals surface area contributed by atoms with Crippen molar-refractivity contribution >= 4 is 11.9 Å². The fourth-order valence-corrected chi connectivity index (χ4v) is 2.85. The van der Waals surface area contributed by atoms with E-state index in [0.717, 1.165) is 18.5 Å². The molecule has 26 heavy (non-hydrogen) atoms. The molecule has 138 valence electrons. The van der Waals surface area contributed by atoms with Gasteiger partial charge in [-0.15, -0.1) is 5.10 Å². The maximum atomic E-state index is 12.3. The predicted molar refractivity (Wildman–Crippen MR) is 94.6 cm³/mol. The first-order valence-corrected chi connectivity index (χ1v) is 8.72. The smallest absolute Gasteiger partial charge is 0.410 e. The molecule has 0 radical (unpaired) electrons. The molecule has 0 bridgehead atoms. The van der Waals surface area contributed by atoms with E-state index in [0.29, 0.717) is 25.3 Å². The highest BCUT2D eigenvalue weighted by atomic mass is 16.6. The van der Waals surface area contributed by atoms with Crippen LogP contribution in [0, 0.1) is 0 Å². The van der Waals surface area contributed by atoms with E-state index in [4.69, 9.17) is 4.74 Å². The maximum Gasteiger partial charge on any atom is 0.410 e. The number of nitrogens with zero attached hydrogens (tertiary/aromatic N) is 4. The molecule has 1 aromatic heterocycles. The Balaban J connectivity index is 1.45. The minimum Gasteiger partial charge on any atom is -0.445 e. The number of nitrogens with one attached hydrogen (secondary N) is 1. The lowest BCUT2D eigenvalue weighted by Gasteiger charge is -2.33. The Bertz CT molecular complexity index is 746. The molecule has 0 spiro atoms. The number of amides is 1. The molecule has 3 rings (SSSR count). The number of benzene rings is 1. The fourth-order valence-electron chi connectivity index (χ4n) is 2.85. The Morgan fingerprint density at radius 1 is 1.31 bits per heavy atom. The van der Waals surface area contributed by atoms with Crippen molar-refractivity contribution in [1.29, 1.82) is 0 Å². The average Bonchev–Trinajstić information content (AvgIpc) is 3.15. The van der Waals surface area contributed by atoms with Gasteiger partial charge in [0.1, 0.15) is 12.3 Å². The van der Waals surface area contributed by atoms with Crippen LogP contribution in [0.4, 0.5) is 4.79 Å². The molecule has 1 N–H and O–H groups in total. The van der Waals surface area contributed by atoms with Gasteiger partial charge in [0.05, 0.1) is 6.20 Å². The van der Waals surface area contributed by atoms with Gasteiger partial charge >= 0.3 is 6.09 Å². The molecule has 0 saturated carbocycles. The molecule has 8 heteroatoms. The number of Topliss-reactive ketones (excluding diaryl/α,β-unsaturated/α-hetero) is 1. The lowest BCUT2D eigenvalue weighted by Crippen LogP contribution is -2.52. The minimum atomic E-state index is -0.292. The summed E-state index contributed by atoms with van der Waals surface area (Å²) in [5, 5.41) is 11.2. The molecular formula is C18H23N5O3. The Labute approximate surface area is 152 Å². The first-order valence-electron chi connectivity index (χ1n) is 8.72. The summed E-state index contributed by atoms with van der Waals surface area (Å²) in [7, 11) is 0. The molecule has 1 aliphatic heterocycles. The zero-order valence-electron chi connectivity index (χ0n) is 14.8. The van der Waals surface area contributed by atoms with Crippen LogP contribution < -0.4 is 5.32 Å². The van der Waals surface area contributed by atoms with Crippen LogP contribution in [0.1, 0.15) is 29.4 Å². The van der Waals surface area contributed by atoms with Crippen LogP contribution in [0.25, 0.3) is 0 Å². The van der Waals surface area contributed by atoms with Gasteiger partial charge in [0.2, 0.25) is 0 Å². The summed E-state index contributed by atoms with van der Waals surface area (Å²) in [4.78, 5) is 25.3. The normalized spacial score (nSPS) is 17.1. The van der Waals surface area contributed by atoms with E-state index in [9.17, 15) is 9.59 Å². The van der Waals surface area contributed by atoms with E-state index >= 15 is 0 Å². The SMILES string of the molecule is CC(=O)c1cn(CC[C@@H]2CN(C(=O)OCc3ccccc3)CCN2)nn1. The summed E-state index contributed by atoms with van der Waals surface area (Å²) in [6.45, 7) is 4.31. The molecule has 1 aliphatic rings. The quantitative estimate of drug-likeness (QED) is 0.788. The number of ether oxygens (including phenoxy) is 1. The average molecular weight is 357 g/mol. The minimum absolute atomic E-state index is 0.0978. The highest BCUT2D eigenvalue weighted by Crippen LogP contribution is 2.08. The van der Waals surface area contributed by atoms with Gasteiger partial charge < -0.3 is 15.0 Å². The summed E-state index contributed by atoms with van der Waals surface area (Å²) in [5.74, 6) is -0.0978. The molecule has 0 aliphatic carbocycles. The van der Waals surface area contributed by atoms with Gasteiger partial charge in [0, 0.05) is 39.1 Å².